The Morgan fingerprint density at radius 1 is 1.21 bits per heavy atom. The number of para-hydroxylation sites is 1. The molecule has 0 amide bonds. The summed E-state index contributed by atoms with van der Waals surface area (Å²) in [5.74, 6) is 0.777. The van der Waals surface area contributed by atoms with Gasteiger partial charge in [-0.1, -0.05) is 24.1 Å². The highest BCUT2D eigenvalue weighted by atomic mass is 32.2. The molecule has 0 bridgehead atoms. The predicted molar refractivity (Wildman–Crippen MR) is 118 cm³/mol. The van der Waals surface area contributed by atoms with E-state index in [1.54, 1.807) is 0 Å². The van der Waals surface area contributed by atoms with Gasteiger partial charge >= 0.3 is 0 Å². The van der Waals surface area contributed by atoms with Crippen molar-refractivity contribution < 1.29 is 0 Å². The van der Waals surface area contributed by atoms with E-state index >= 15 is 0 Å². The van der Waals surface area contributed by atoms with Crippen LogP contribution in [0.25, 0.3) is 10.9 Å². The van der Waals surface area contributed by atoms with Gasteiger partial charge in [0, 0.05) is 55.8 Å². The molecule has 2 N–H and O–H groups in total. The lowest BCUT2D eigenvalue weighted by atomic mass is 9.86. The van der Waals surface area contributed by atoms with E-state index in [2.05, 4.69) is 49.3 Å². The standard InChI is InChI=1S/C21H30N6S/c1-28-27-10-5-17(6-11-27)24-20-23-13-16-3-2-4-18(19(16)25-20)26-12-8-21(15-26)7-9-22-14-21/h2-4,13,17,22H,5-12,14-15H2,1H3,(H,23,24,25). The van der Waals surface area contributed by atoms with Crippen molar-refractivity contribution in [3.05, 3.63) is 24.4 Å². The minimum Gasteiger partial charge on any atom is -0.369 e. The number of aromatic nitrogens is 2. The zero-order chi connectivity index (χ0) is 19.0. The topological polar surface area (TPSA) is 56.3 Å². The van der Waals surface area contributed by atoms with Crippen LogP contribution in [0.2, 0.25) is 0 Å². The Kier molecular flexibility index (Phi) is 5.07. The van der Waals surface area contributed by atoms with E-state index in [9.17, 15) is 0 Å². The van der Waals surface area contributed by atoms with Crippen molar-refractivity contribution in [2.45, 2.75) is 31.7 Å². The number of nitrogens with zero attached hydrogens (tertiary/aromatic N) is 4. The third kappa shape index (κ3) is 3.55. The molecule has 3 saturated heterocycles. The summed E-state index contributed by atoms with van der Waals surface area (Å²) in [6.07, 6.45) is 9.00. The molecular weight excluding hydrogens is 368 g/mol. The normalized spacial score (nSPS) is 26.5. The Morgan fingerprint density at radius 3 is 2.89 bits per heavy atom. The number of fused-ring (bicyclic) bond motifs is 1. The molecule has 3 aliphatic rings. The van der Waals surface area contributed by atoms with Crippen LogP contribution in [0.3, 0.4) is 0 Å². The zero-order valence-electron chi connectivity index (χ0n) is 16.7. The highest BCUT2D eigenvalue weighted by molar-refractivity contribution is 7.96. The van der Waals surface area contributed by atoms with Gasteiger partial charge in [0.15, 0.2) is 0 Å². The van der Waals surface area contributed by atoms with Crippen LogP contribution in [0.5, 0.6) is 0 Å². The van der Waals surface area contributed by atoms with Crippen molar-refractivity contribution in [3.8, 4) is 0 Å². The summed E-state index contributed by atoms with van der Waals surface area (Å²) in [4.78, 5) is 12.1. The molecule has 1 aromatic heterocycles. The minimum absolute atomic E-state index is 0.460. The molecule has 5 rings (SSSR count). The third-order valence-electron chi connectivity index (χ3n) is 6.75. The lowest BCUT2D eigenvalue weighted by molar-refractivity contribution is 0.358. The summed E-state index contributed by atoms with van der Waals surface area (Å²) in [5, 5.41) is 8.29. The largest absolute Gasteiger partial charge is 0.369 e. The number of rotatable bonds is 4. The molecule has 0 radical (unpaired) electrons. The van der Waals surface area contributed by atoms with Crippen LogP contribution < -0.4 is 15.5 Å². The van der Waals surface area contributed by atoms with Crippen LogP contribution >= 0.6 is 11.9 Å². The maximum atomic E-state index is 4.97. The quantitative estimate of drug-likeness (QED) is 0.768. The first-order valence-electron chi connectivity index (χ1n) is 10.5. The van der Waals surface area contributed by atoms with Crippen molar-refractivity contribution >= 4 is 34.5 Å². The number of anilines is 2. The summed E-state index contributed by atoms with van der Waals surface area (Å²) < 4.78 is 2.43. The third-order valence-corrected chi connectivity index (χ3v) is 7.63. The first-order chi connectivity index (χ1) is 13.7. The zero-order valence-corrected chi connectivity index (χ0v) is 17.5. The maximum Gasteiger partial charge on any atom is 0.223 e. The summed E-state index contributed by atoms with van der Waals surface area (Å²) in [7, 11) is 0. The van der Waals surface area contributed by atoms with E-state index in [0.717, 1.165) is 69.0 Å². The summed E-state index contributed by atoms with van der Waals surface area (Å²) in [5.41, 5.74) is 2.81. The molecule has 28 heavy (non-hydrogen) atoms. The Bertz CT molecular complexity index is 829. The van der Waals surface area contributed by atoms with Gasteiger partial charge in [-0.2, -0.15) is 0 Å². The lowest BCUT2D eigenvalue weighted by Gasteiger charge is -2.30. The molecule has 0 aliphatic carbocycles. The van der Waals surface area contributed by atoms with Crippen LogP contribution in [0.15, 0.2) is 24.4 Å². The number of benzene rings is 1. The van der Waals surface area contributed by atoms with Crippen molar-refractivity contribution in [2.24, 2.45) is 5.41 Å². The van der Waals surface area contributed by atoms with Crippen LogP contribution in [0.1, 0.15) is 25.7 Å². The lowest BCUT2D eigenvalue weighted by Crippen LogP contribution is -2.35. The van der Waals surface area contributed by atoms with E-state index in [-0.39, 0.29) is 0 Å². The van der Waals surface area contributed by atoms with Crippen LogP contribution in [0.4, 0.5) is 11.6 Å². The molecule has 7 heteroatoms. The number of hydrogen-bond donors (Lipinski definition) is 2. The van der Waals surface area contributed by atoms with E-state index in [1.807, 2.05) is 18.1 Å². The summed E-state index contributed by atoms with van der Waals surface area (Å²) in [6.45, 7) is 6.84. The van der Waals surface area contributed by atoms with Gasteiger partial charge in [0.05, 0.1) is 11.2 Å². The Hall–Kier alpha value is -1.57. The smallest absolute Gasteiger partial charge is 0.223 e. The molecule has 3 fully saturated rings. The summed E-state index contributed by atoms with van der Waals surface area (Å²) in [6, 6.07) is 6.97. The van der Waals surface area contributed by atoms with Crippen LogP contribution in [0, 0.1) is 5.41 Å². The molecule has 1 unspecified atom stereocenters. The predicted octanol–water partition coefficient (Wildman–Crippen LogP) is 2.97. The molecule has 150 valence electrons. The van der Waals surface area contributed by atoms with Crippen molar-refractivity contribution in [2.75, 3.05) is 55.7 Å². The van der Waals surface area contributed by atoms with Gasteiger partial charge in [0.2, 0.25) is 5.95 Å². The van der Waals surface area contributed by atoms with Crippen molar-refractivity contribution in [1.82, 2.24) is 19.6 Å². The Morgan fingerprint density at radius 2 is 2.11 bits per heavy atom. The number of nitrogens with one attached hydrogen (secondary N) is 2. The second-order valence-corrected chi connectivity index (χ2v) is 9.42. The fourth-order valence-corrected chi connectivity index (χ4v) is 5.59. The highest BCUT2D eigenvalue weighted by Crippen LogP contribution is 2.39. The Labute approximate surface area is 171 Å². The van der Waals surface area contributed by atoms with Gasteiger partial charge in [-0.15, -0.1) is 0 Å². The second kappa shape index (κ2) is 7.69. The van der Waals surface area contributed by atoms with E-state index < -0.39 is 0 Å². The fraction of sp³-hybridized carbons (Fsp3) is 0.619. The molecule has 1 spiro atoms. The van der Waals surface area contributed by atoms with E-state index in [0.29, 0.717) is 11.5 Å². The number of hydrogen-bond acceptors (Lipinski definition) is 7. The first-order valence-corrected chi connectivity index (χ1v) is 11.7. The van der Waals surface area contributed by atoms with Crippen molar-refractivity contribution in [1.29, 1.82) is 0 Å². The molecule has 0 saturated carbocycles. The van der Waals surface area contributed by atoms with Gasteiger partial charge < -0.3 is 15.5 Å². The SMILES string of the molecule is CSN1CCC(Nc2ncc3cccc(N4CCC5(CCNC5)C4)c3n2)CC1. The molecule has 4 heterocycles. The Balaban J connectivity index is 1.36. The van der Waals surface area contributed by atoms with Crippen LogP contribution in [-0.2, 0) is 0 Å². The maximum absolute atomic E-state index is 4.97. The monoisotopic (exact) mass is 398 g/mol. The van der Waals surface area contributed by atoms with Gasteiger partial charge in [-0.05, 0) is 44.6 Å². The van der Waals surface area contributed by atoms with Gasteiger partial charge in [-0.3, -0.25) is 4.31 Å². The van der Waals surface area contributed by atoms with E-state index in [4.69, 9.17) is 4.98 Å². The fourth-order valence-electron chi connectivity index (χ4n) is 5.01. The van der Waals surface area contributed by atoms with Crippen LogP contribution in [-0.4, -0.2) is 65.8 Å². The molecule has 3 aliphatic heterocycles. The molecule has 2 aromatic rings. The van der Waals surface area contributed by atoms with Gasteiger partial charge in [0.1, 0.15) is 0 Å². The average molecular weight is 399 g/mol. The molecule has 6 nitrogen and oxygen atoms in total. The molecule has 1 atom stereocenters. The van der Waals surface area contributed by atoms with Crippen molar-refractivity contribution in [3.63, 3.8) is 0 Å². The van der Waals surface area contributed by atoms with E-state index in [1.165, 1.54) is 18.5 Å². The first kappa shape index (κ1) is 18.5. The molecule has 1 aromatic carbocycles. The average Bonchev–Trinajstić information content (AvgIpc) is 3.38. The van der Waals surface area contributed by atoms with Gasteiger partial charge in [-0.25, -0.2) is 9.97 Å². The minimum atomic E-state index is 0.460. The summed E-state index contributed by atoms with van der Waals surface area (Å²) >= 11 is 1.84. The highest BCUT2D eigenvalue weighted by Gasteiger charge is 2.40. The number of piperidine rings is 1. The molecular formula is C21H30N6S. The second-order valence-electron chi connectivity index (χ2n) is 8.54. The van der Waals surface area contributed by atoms with Gasteiger partial charge in [0.25, 0.3) is 0 Å².